The summed E-state index contributed by atoms with van der Waals surface area (Å²) < 4.78 is 5.26. The molecule has 3 amide bonds. The average Bonchev–Trinajstić information content (AvgIpc) is 2.82. The third-order valence-corrected chi connectivity index (χ3v) is 5.85. The number of ether oxygens (including phenoxy) is 1. The van der Waals surface area contributed by atoms with Crippen LogP contribution in [0, 0.1) is 11.8 Å². The molecule has 0 aliphatic carbocycles. The fourth-order valence-electron chi connectivity index (χ4n) is 3.43. The lowest BCUT2D eigenvalue weighted by atomic mass is 9.99. The summed E-state index contributed by atoms with van der Waals surface area (Å²) in [4.78, 5) is 52.3. The highest BCUT2D eigenvalue weighted by Crippen LogP contribution is 2.11. The number of likely N-dealkylation sites (N-methyl/N-ethyl adjacent to an activating group) is 2. The Morgan fingerprint density at radius 1 is 0.914 bits per heavy atom. The molecule has 9 heteroatoms. The molecule has 0 bridgehead atoms. The zero-order chi connectivity index (χ0) is 26.7. The Hall–Kier alpha value is -2.94. The van der Waals surface area contributed by atoms with E-state index in [2.05, 4.69) is 16.0 Å². The van der Waals surface area contributed by atoms with Crippen molar-refractivity contribution in [2.75, 3.05) is 14.1 Å². The molecule has 0 aliphatic heterocycles. The van der Waals surface area contributed by atoms with Crippen LogP contribution in [-0.2, 0) is 30.5 Å². The van der Waals surface area contributed by atoms with Crippen molar-refractivity contribution in [1.82, 2.24) is 20.9 Å². The molecule has 0 saturated heterocycles. The first-order chi connectivity index (χ1) is 16.4. The monoisotopic (exact) mass is 490 g/mol. The van der Waals surface area contributed by atoms with Crippen molar-refractivity contribution in [1.29, 1.82) is 0 Å². The molecular formula is C26H42N4O5. The van der Waals surface area contributed by atoms with E-state index in [1.165, 1.54) is 18.9 Å². The Kier molecular flexibility index (Phi) is 12.4. The Balaban J connectivity index is 2.73. The number of amides is 3. The zero-order valence-corrected chi connectivity index (χ0v) is 22.3. The summed E-state index contributed by atoms with van der Waals surface area (Å²) in [6, 6.07) is 6.28. The number of nitrogens with zero attached hydrogens (tertiary/aromatic N) is 1. The van der Waals surface area contributed by atoms with Gasteiger partial charge in [-0.05, 0) is 44.7 Å². The number of hydrogen-bond donors (Lipinski definition) is 3. The highest BCUT2D eigenvalue weighted by molar-refractivity contribution is 5.94. The van der Waals surface area contributed by atoms with E-state index < -0.39 is 36.0 Å². The minimum Gasteiger partial charge on any atom is -0.459 e. The Morgan fingerprint density at radius 3 is 2.03 bits per heavy atom. The maximum atomic E-state index is 13.2. The summed E-state index contributed by atoms with van der Waals surface area (Å²) in [7, 11) is 3.22. The van der Waals surface area contributed by atoms with E-state index in [9.17, 15) is 19.2 Å². The van der Waals surface area contributed by atoms with Crippen LogP contribution in [0.15, 0.2) is 30.3 Å². The van der Waals surface area contributed by atoms with Crippen molar-refractivity contribution in [3.63, 3.8) is 0 Å². The van der Waals surface area contributed by atoms with Gasteiger partial charge in [0.05, 0.1) is 6.04 Å². The molecule has 0 spiro atoms. The summed E-state index contributed by atoms with van der Waals surface area (Å²) in [5, 5.41) is 8.44. The van der Waals surface area contributed by atoms with Gasteiger partial charge in [0.2, 0.25) is 17.7 Å². The predicted molar refractivity (Wildman–Crippen MR) is 135 cm³/mol. The predicted octanol–water partition coefficient (Wildman–Crippen LogP) is 1.86. The highest BCUT2D eigenvalue weighted by atomic mass is 16.5. The summed E-state index contributed by atoms with van der Waals surface area (Å²) in [5.74, 6) is -1.58. The van der Waals surface area contributed by atoms with Gasteiger partial charge in [-0.25, -0.2) is 4.79 Å². The molecule has 0 radical (unpaired) electrons. The number of nitrogens with one attached hydrogen (secondary N) is 3. The van der Waals surface area contributed by atoms with E-state index in [1.54, 1.807) is 14.0 Å². The minimum atomic E-state index is -0.884. The smallest absolute Gasteiger partial charge is 0.328 e. The minimum absolute atomic E-state index is 0.105. The number of rotatable bonds is 13. The van der Waals surface area contributed by atoms with Gasteiger partial charge in [-0.15, -0.1) is 0 Å². The molecule has 0 heterocycles. The van der Waals surface area contributed by atoms with Crippen LogP contribution in [-0.4, -0.2) is 66.9 Å². The van der Waals surface area contributed by atoms with Crippen LogP contribution in [0.1, 0.15) is 53.5 Å². The number of hydrogen-bond acceptors (Lipinski definition) is 6. The quantitative estimate of drug-likeness (QED) is 0.364. The first kappa shape index (κ1) is 30.1. The molecule has 1 aromatic rings. The lowest BCUT2D eigenvalue weighted by Gasteiger charge is -2.32. The van der Waals surface area contributed by atoms with E-state index in [0.29, 0.717) is 12.3 Å². The van der Waals surface area contributed by atoms with Crippen molar-refractivity contribution in [2.24, 2.45) is 11.8 Å². The number of carbonyl (C=O) groups is 4. The van der Waals surface area contributed by atoms with E-state index in [1.807, 2.05) is 58.0 Å². The largest absolute Gasteiger partial charge is 0.459 e. The third kappa shape index (κ3) is 9.68. The molecular weight excluding hydrogens is 448 g/mol. The number of benzene rings is 1. The molecule has 1 aromatic carbocycles. The molecule has 0 aromatic heterocycles. The summed E-state index contributed by atoms with van der Waals surface area (Å²) >= 11 is 0. The molecule has 3 N–H and O–H groups in total. The van der Waals surface area contributed by atoms with Gasteiger partial charge in [0.15, 0.2) is 0 Å². The molecule has 0 fully saturated rings. The van der Waals surface area contributed by atoms with Crippen molar-refractivity contribution in [3.8, 4) is 0 Å². The highest BCUT2D eigenvalue weighted by Gasteiger charge is 2.33. The Morgan fingerprint density at radius 2 is 1.51 bits per heavy atom. The van der Waals surface area contributed by atoms with Crippen LogP contribution in [0.25, 0.3) is 0 Å². The molecule has 1 rings (SSSR count). The zero-order valence-electron chi connectivity index (χ0n) is 22.3. The molecule has 0 unspecified atom stereocenters. The van der Waals surface area contributed by atoms with Crippen molar-refractivity contribution in [3.05, 3.63) is 35.9 Å². The second-order valence-electron chi connectivity index (χ2n) is 9.65. The summed E-state index contributed by atoms with van der Waals surface area (Å²) in [6.07, 6.45) is 0.633. The van der Waals surface area contributed by atoms with E-state index in [0.717, 1.165) is 5.56 Å². The standard InChI is InChI=1S/C26H42N4O5/c1-16(2)14-21(27-7)24(32)29-22(17(3)4)25(33)30(8)19(6)23(31)28-18(5)26(34)35-15-20-12-10-9-11-13-20/h9-13,16-19,21-22,27H,14-15H2,1-8H3,(H,28,31)(H,29,32)/t18-,19-,21-,22-/m0/s1. The van der Waals surface area contributed by atoms with Crippen LogP contribution < -0.4 is 16.0 Å². The van der Waals surface area contributed by atoms with E-state index in [-0.39, 0.29) is 24.3 Å². The second kappa shape index (κ2) is 14.5. The van der Waals surface area contributed by atoms with Crippen molar-refractivity contribution in [2.45, 2.75) is 78.7 Å². The molecule has 0 aliphatic rings. The van der Waals surface area contributed by atoms with Gasteiger partial charge in [-0.2, -0.15) is 0 Å². The van der Waals surface area contributed by atoms with Crippen LogP contribution in [0.5, 0.6) is 0 Å². The average molecular weight is 491 g/mol. The van der Waals surface area contributed by atoms with E-state index >= 15 is 0 Å². The fourth-order valence-corrected chi connectivity index (χ4v) is 3.43. The topological polar surface area (TPSA) is 117 Å². The van der Waals surface area contributed by atoms with Crippen molar-refractivity contribution >= 4 is 23.7 Å². The van der Waals surface area contributed by atoms with Gasteiger partial charge in [-0.1, -0.05) is 58.0 Å². The van der Waals surface area contributed by atoms with Gasteiger partial charge < -0.3 is 25.6 Å². The lowest BCUT2D eigenvalue weighted by molar-refractivity contribution is -0.149. The second-order valence-corrected chi connectivity index (χ2v) is 9.65. The van der Waals surface area contributed by atoms with Gasteiger partial charge in [0.1, 0.15) is 24.7 Å². The first-order valence-corrected chi connectivity index (χ1v) is 12.1. The first-order valence-electron chi connectivity index (χ1n) is 12.1. The SMILES string of the molecule is CN[C@@H](CC(C)C)C(=O)N[C@H](C(=O)N(C)[C@@H](C)C(=O)N[C@@H](C)C(=O)OCc1ccccc1)C(C)C. The summed E-state index contributed by atoms with van der Waals surface area (Å²) in [5.41, 5.74) is 0.841. The van der Waals surface area contributed by atoms with Crippen molar-refractivity contribution < 1.29 is 23.9 Å². The maximum absolute atomic E-state index is 13.2. The molecule has 196 valence electrons. The molecule has 9 nitrogen and oxygen atoms in total. The molecule has 0 saturated carbocycles. The Bertz CT molecular complexity index is 843. The van der Waals surface area contributed by atoms with Gasteiger partial charge in [0.25, 0.3) is 0 Å². The van der Waals surface area contributed by atoms with Gasteiger partial charge in [0, 0.05) is 7.05 Å². The number of carbonyl (C=O) groups excluding carboxylic acids is 4. The molecule has 4 atom stereocenters. The normalized spacial score (nSPS) is 14.6. The summed E-state index contributed by atoms with van der Waals surface area (Å²) in [6.45, 7) is 10.9. The fraction of sp³-hybridized carbons (Fsp3) is 0.615. The van der Waals surface area contributed by atoms with E-state index in [4.69, 9.17) is 4.74 Å². The van der Waals surface area contributed by atoms with Crippen LogP contribution in [0.2, 0.25) is 0 Å². The maximum Gasteiger partial charge on any atom is 0.328 e. The van der Waals surface area contributed by atoms with Crippen LogP contribution in [0.4, 0.5) is 0 Å². The Labute approximate surface area is 209 Å². The number of esters is 1. The lowest BCUT2D eigenvalue weighted by Crippen LogP contribution is -2.58. The molecule has 35 heavy (non-hydrogen) atoms. The third-order valence-electron chi connectivity index (χ3n) is 5.85. The van der Waals surface area contributed by atoms with Crippen LogP contribution in [0.3, 0.4) is 0 Å². The van der Waals surface area contributed by atoms with Crippen LogP contribution >= 0.6 is 0 Å². The van der Waals surface area contributed by atoms with Gasteiger partial charge >= 0.3 is 5.97 Å². The van der Waals surface area contributed by atoms with Gasteiger partial charge in [-0.3, -0.25) is 14.4 Å².